The molecule has 0 bridgehead atoms. The van der Waals surface area contributed by atoms with Crippen LogP contribution in [0.3, 0.4) is 0 Å². The normalized spacial score (nSPS) is 21.5. The third-order valence-electron chi connectivity index (χ3n) is 3.28. The lowest BCUT2D eigenvalue weighted by Crippen LogP contribution is -2.37. The highest BCUT2D eigenvalue weighted by Crippen LogP contribution is 2.46. The SMILES string of the molecule is COc1ccc(OC)c(C2SC(C)C(=O)N2CC(N)=O)c1. The summed E-state index contributed by atoms with van der Waals surface area (Å²) in [5.74, 6) is 0.667. The van der Waals surface area contributed by atoms with Gasteiger partial charge in [0.1, 0.15) is 23.4 Å². The zero-order valence-electron chi connectivity index (χ0n) is 12.2. The summed E-state index contributed by atoms with van der Waals surface area (Å²) < 4.78 is 10.6. The molecule has 2 atom stereocenters. The topological polar surface area (TPSA) is 81.9 Å². The number of hydrogen-bond donors (Lipinski definition) is 1. The molecule has 7 heteroatoms. The van der Waals surface area contributed by atoms with Gasteiger partial charge in [-0.25, -0.2) is 0 Å². The van der Waals surface area contributed by atoms with Crippen molar-refractivity contribution in [1.82, 2.24) is 4.90 Å². The summed E-state index contributed by atoms with van der Waals surface area (Å²) in [6.07, 6.45) is 0. The van der Waals surface area contributed by atoms with Crippen LogP contribution in [0.1, 0.15) is 17.9 Å². The van der Waals surface area contributed by atoms with Gasteiger partial charge in [-0.05, 0) is 25.1 Å². The summed E-state index contributed by atoms with van der Waals surface area (Å²) >= 11 is 1.46. The molecule has 0 aliphatic carbocycles. The third kappa shape index (κ3) is 3.07. The maximum absolute atomic E-state index is 12.2. The first-order valence-electron chi connectivity index (χ1n) is 6.44. The van der Waals surface area contributed by atoms with Crippen molar-refractivity contribution in [3.8, 4) is 11.5 Å². The number of hydrogen-bond acceptors (Lipinski definition) is 5. The number of carbonyl (C=O) groups is 2. The number of amides is 2. The van der Waals surface area contributed by atoms with Gasteiger partial charge in [0, 0.05) is 5.56 Å². The molecule has 2 unspecified atom stereocenters. The van der Waals surface area contributed by atoms with Gasteiger partial charge < -0.3 is 20.1 Å². The molecule has 2 amide bonds. The predicted octanol–water partition coefficient (Wildman–Crippen LogP) is 1.15. The Kier molecular flexibility index (Phi) is 4.62. The summed E-state index contributed by atoms with van der Waals surface area (Å²) in [7, 11) is 3.14. The van der Waals surface area contributed by atoms with E-state index >= 15 is 0 Å². The molecule has 1 aliphatic heterocycles. The minimum atomic E-state index is -0.537. The second-order valence-electron chi connectivity index (χ2n) is 4.67. The van der Waals surface area contributed by atoms with Gasteiger partial charge in [0.2, 0.25) is 11.8 Å². The Balaban J connectivity index is 2.42. The van der Waals surface area contributed by atoms with Crippen LogP contribution in [-0.4, -0.2) is 42.7 Å². The number of nitrogens with zero attached hydrogens (tertiary/aromatic N) is 1. The Hall–Kier alpha value is -1.89. The first kappa shape index (κ1) is 15.5. The van der Waals surface area contributed by atoms with Gasteiger partial charge in [-0.3, -0.25) is 9.59 Å². The van der Waals surface area contributed by atoms with Gasteiger partial charge in [0.25, 0.3) is 0 Å². The summed E-state index contributed by atoms with van der Waals surface area (Å²) in [6.45, 7) is 1.70. The quantitative estimate of drug-likeness (QED) is 0.882. The van der Waals surface area contributed by atoms with Crippen molar-refractivity contribution >= 4 is 23.6 Å². The molecule has 0 radical (unpaired) electrons. The molecule has 0 spiro atoms. The Labute approximate surface area is 127 Å². The molecule has 0 aromatic heterocycles. The highest BCUT2D eigenvalue weighted by molar-refractivity contribution is 8.01. The van der Waals surface area contributed by atoms with E-state index in [0.29, 0.717) is 11.5 Å². The number of nitrogens with two attached hydrogens (primary N) is 1. The Morgan fingerprint density at radius 1 is 1.38 bits per heavy atom. The average Bonchev–Trinajstić information content (AvgIpc) is 2.74. The van der Waals surface area contributed by atoms with Crippen molar-refractivity contribution in [2.24, 2.45) is 5.73 Å². The van der Waals surface area contributed by atoms with Gasteiger partial charge in [-0.15, -0.1) is 11.8 Å². The number of primary amides is 1. The molecule has 1 aromatic carbocycles. The minimum absolute atomic E-state index is 0.103. The standard InChI is InChI=1S/C14H18N2O4S/c1-8-13(18)16(7-12(15)17)14(21-8)10-6-9(19-2)4-5-11(10)20-3/h4-6,8,14H,7H2,1-3H3,(H2,15,17). The van der Waals surface area contributed by atoms with E-state index in [1.807, 2.05) is 13.0 Å². The fourth-order valence-electron chi connectivity index (χ4n) is 2.28. The van der Waals surface area contributed by atoms with Crippen LogP contribution in [0.5, 0.6) is 11.5 Å². The van der Waals surface area contributed by atoms with E-state index in [9.17, 15) is 9.59 Å². The summed E-state index contributed by atoms with van der Waals surface area (Å²) in [5, 5.41) is -0.546. The maximum atomic E-state index is 12.2. The highest BCUT2D eigenvalue weighted by Gasteiger charge is 2.40. The van der Waals surface area contributed by atoms with Crippen LogP contribution >= 0.6 is 11.8 Å². The zero-order valence-corrected chi connectivity index (χ0v) is 13.0. The lowest BCUT2D eigenvalue weighted by atomic mass is 10.1. The molecule has 1 saturated heterocycles. The second-order valence-corrected chi connectivity index (χ2v) is 6.10. The lowest BCUT2D eigenvalue weighted by Gasteiger charge is -2.24. The fraction of sp³-hybridized carbons (Fsp3) is 0.429. The van der Waals surface area contributed by atoms with Gasteiger partial charge in [-0.1, -0.05) is 0 Å². The van der Waals surface area contributed by atoms with E-state index in [-0.39, 0.29) is 23.1 Å². The fourth-order valence-corrected chi connectivity index (χ4v) is 3.57. The molecule has 1 aliphatic rings. The van der Waals surface area contributed by atoms with E-state index in [1.54, 1.807) is 26.4 Å². The molecule has 0 saturated carbocycles. The van der Waals surface area contributed by atoms with Gasteiger partial charge in [-0.2, -0.15) is 0 Å². The molecular formula is C14H18N2O4S. The van der Waals surface area contributed by atoms with Crippen molar-refractivity contribution in [3.05, 3.63) is 23.8 Å². The van der Waals surface area contributed by atoms with Crippen molar-refractivity contribution in [2.45, 2.75) is 17.5 Å². The maximum Gasteiger partial charge on any atom is 0.237 e. The van der Waals surface area contributed by atoms with E-state index in [4.69, 9.17) is 15.2 Å². The molecule has 21 heavy (non-hydrogen) atoms. The van der Waals surface area contributed by atoms with E-state index in [1.165, 1.54) is 16.7 Å². The van der Waals surface area contributed by atoms with Gasteiger partial charge in [0.05, 0.1) is 19.5 Å². The predicted molar refractivity (Wildman–Crippen MR) is 80.2 cm³/mol. The van der Waals surface area contributed by atoms with E-state index in [0.717, 1.165) is 5.56 Å². The number of rotatable bonds is 5. The third-order valence-corrected chi connectivity index (χ3v) is 4.65. The van der Waals surface area contributed by atoms with Crippen LogP contribution in [0.2, 0.25) is 0 Å². The number of thioether (sulfide) groups is 1. The molecule has 114 valence electrons. The van der Waals surface area contributed by atoms with Gasteiger partial charge in [0.15, 0.2) is 0 Å². The molecule has 1 aromatic rings. The van der Waals surface area contributed by atoms with Crippen LogP contribution in [-0.2, 0) is 9.59 Å². The number of carbonyl (C=O) groups excluding carboxylic acids is 2. The molecule has 1 heterocycles. The molecule has 1 fully saturated rings. The first-order valence-corrected chi connectivity index (χ1v) is 7.38. The minimum Gasteiger partial charge on any atom is -0.497 e. The van der Waals surface area contributed by atoms with Gasteiger partial charge >= 0.3 is 0 Å². The highest BCUT2D eigenvalue weighted by atomic mass is 32.2. The molecular weight excluding hydrogens is 292 g/mol. The lowest BCUT2D eigenvalue weighted by molar-refractivity contribution is -0.134. The molecule has 2 N–H and O–H groups in total. The largest absolute Gasteiger partial charge is 0.497 e. The van der Waals surface area contributed by atoms with Crippen molar-refractivity contribution in [3.63, 3.8) is 0 Å². The van der Waals surface area contributed by atoms with Crippen LogP contribution < -0.4 is 15.2 Å². The molecule has 2 rings (SSSR count). The van der Waals surface area contributed by atoms with Crippen molar-refractivity contribution in [2.75, 3.05) is 20.8 Å². The van der Waals surface area contributed by atoms with Crippen molar-refractivity contribution < 1.29 is 19.1 Å². The summed E-state index contributed by atoms with van der Waals surface area (Å²) in [6, 6.07) is 5.38. The number of benzene rings is 1. The van der Waals surface area contributed by atoms with E-state index in [2.05, 4.69) is 0 Å². The zero-order chi connectivity index (χ0) is 15.6. The summed E-state index contributed by atoms with van der Waals surface area (Å²) in [4.78, 5) is 24.9. The average molecular weight is 310 g/mol. The Morgan fingerprint density at radius 2 is 2.10 bits per heavy atom. The van der Waals surface area contributed by atoms with Crippen LogP contribution in [0.4, 0.5) is 0 Å². The smallest absolute Gasteiger partial charge is 0.237 e. The number of ether oxygens (including phenoxy) is 2. The van der Waals surface area contributed by atoms with Crippen LogP contribution in [0.25, 0.3) is 0 Å². The monoisotopic (exact) mass is 310 g/mol. The number of methoxy groups -OCH3 is 2. The second kappa shape index (κ2) is 6.26. The Bertz CT molecular complexity index is 564. The Morgan fingerprint density at radius 3 is 2.67 bits per heavy atom. The first-order chi connectivity index (χ1) is 9.97. The van der Waals surface area contributed by atoms with Crippen molar-refractivity contribution in [1.29, 1.82) is 0 Å². The summed E-state index contributed by atoms with van der Waals surface area (Å²) in [5.41, 5.74) is 6.04. The molecule has 6 nitrogen and oxygen atoms in total. The van der Waals surface area contributed by atoms with Crippen LogP contribution in [0, 0.1) is 0 Å². The van der Waals surface area contributed by atoms with E-state index < -0.39 is 5.91 Å². The van der Waals surface area contributed by atoms with Crippen LogP contribution in [0.15, 0.2) is 18.2 Å².